The average molecular weight is 479 g/mol. The second-order valence-electron chi connectivity index (χ2n) is 8.38. The zero-order valence-corrected chi connectivity index (χ0v) is 19.9. The van der Waals surface area contributed by atoms with Crippen molar-refractivity contribution >= 4 is 17.4 Å². The predicted octanol–water partition coefficient (Wildman–Crippen LogP) is 4.88. The molecule has 176 valence electrons. The van der Waals surface area contributed by atoms with Gasteiger partial charge >= 0.3 is 6.09 Å². The van der Waals surface area contributed by atoms with Gasteiger partial charge < -0.3 is 14.9 Å². The lowest BCUT2D eigenvalue weighted by Gasteiger charge is -2.34. The van der Waals surface area contributed by atoms with Crippen molar-refractivity contribution in [2.75, 3.05) is 13.2 Å². The molecule has 9 heteroatoms. The molecule has 1 heterocycles. The molecule has 0 bridgehead atoms. The van der Waals surface area contributed by atoms with Crippen molar-refractivity contribution in [2.45, 2.75) is 45.3 Å². The second kappa shape index (κ2) is 10.2. The van der Waals surface area contributed by atoms with Crippen molar-refractivity contribution in [3.63, 3.8) is 0 Å². The number of ether oxygens (including phenoxy) is 1. The fraction of sp³-hybridized carbons (Fsp3) is 0.360. The summed E-state index contributed by atoms with van der Waals surface area (Å²) in [4.78, 5) is 13.1. The topological polar surface area (TPSA) is 120 Å². The minimum atomic E-state index is -1.03. The molecule has 1 aromatic heterocycles. The number of hydrogen-bond acceptors (Lipinski definition) is 7. The van der Waals surface area contributed by atoms with Crippen LogP contribution < -0.4 is 4.74 Å². The summed E-state index contributed by atoms with van der Waals surface area (Å²) in [6.45, 7) is 3.68. The molecule has 1 atom stereocenters. The first-order chi connectivity index (χ1) is 16.4. The highest BCUT2D eigenvalue weighted by Gasteiger charge is 2.30. The maximum absolute atomic E-state index is 11.8. The molecule has 34 heavy (non-hydrogen) atoms. The SMILES string of the molecule is CC(C)Oc1ccc(-c2nnc(-c3cccc4c3CCCC4N(CCO)C(=O)O)s2)cc1C#N. The Bertz CT molecular complexity index is 1230. The van der Waals surface area contributed by atoms with Crippen LogP contribution in [0.15, 0.2) is 36.4 Å². The van der Waals surface area contributed by atoms with Crippen LogP contribution in [0.3, 0.4) is 0 Å². The molecular weight excluding hydrogens is 452 g/mol. The first-order valence-corrected chi connectivity index (χ1v) is 12.0. The third kappa shape index (κ3) is 4.74. The summed E-state index contributed by atoms with van der Waals surface area (Å²) in [5, 5.41) is 38.8. The van der Waals surface area contributed by atoms with E-state index >= 15 is 0 Å². The molecule has 2 N–H and O–H groups in total. The number of nitriles is 1. The summed E-state index contributed by atoms with van der Waals surface area (Å²) in [6.07, 6.45) is 1.32. The molecule has 1 unspecified atom stereocenters. The molecule has 0 radical (unpaired) electrons. The van der Waals surface area contributed by atoms with Crippen molar-refractivity contribution in [3.8, 4) is 33.0 Å². The molecule has 4 rings (SSSR count). The van der Waals surface area contributed by atoms with Gasteiger partial charge in [0.15, 0.2) is 0 Å². The van der Waals surface area contributed by atoms with Gasteiger partial charge in [-0.05, 0) is 62.4 Å². The Kier molecular flexibility index (Phi) is 7.10. The number of carbonyl (C=O) groups is 1. The fourth-order valence-corrected chi connectivity index (χ4v) is 5.29. The lowest BCUT2D eigenvalue weighted by atomic mass is 9.84. The van der Waals surface area contributed by atoms with E-state index in [2.05, 4.69) is 16.3 Å². The Hall–Kier alpha value is -3.48. The first-order valence-electron chi connectivity index (χ1n) is 11.2. The summed E-state index contributed by atoms with van der Waals surface area (Å²) in [5.41, 5.74) is 4.21. The zero-order valence-electron chi connectivity index (χ0n) is 19.1. The van der Waals surface area contributed by atoms with Gasteiger partial charge in [0.05, 0.1) is 24.3 Å². The van der Waals surface area contributed by atoms with Gasteiger partial charge in [-0.15, -0.1) is 10.2 Å². The fourth-order valence-electron chi connectivity index (χ4n) is 4.40. The summed E-state index contributed by atoms with van der Waals surface area (Å²) in [6, 6.07) is 13.2. The highest BCUT2D eigenvalue weighted by atomic mass is 32.1. The normalized spacial score (nSPS) is 15.0. The molecule has 0 fully saturated rings. The van der Waals surface area contributed by atoms with Gasteiger partial charge in [0, 0.05) is 17.7 Å². The van der Waals surface area contributed by atoms with Crippen LogP contribution in [-0.2, 0) is 6.42 Å². The molecule has 0 saturated heterocycles. The van der Waals surface area contributed by atoms with Crippen LogP contribution in [0.5, 0.6) is 5.75 Å². The van der Waals surface area contributed by atoms with E-state index in [1.165, 1.54) is 16.2 Å². The van der Waals surface area contributed by atoms with E-state index in [4.69, 9.17) is 4.74 Å². The van der Waals surface area contributed by atoms with Gasteiger partial charge in [-0.1, -0.05) is 29.5 Å². The van der Waals surface area contributed by atoms with Crippen molar-refractivity contribution < 1.29 is 19.7 Å². The Morgan fingerprint density at radius 2 is 2.09 bits per heavy atom. The lowest BCUT2D eigenvalue weighted by Crippen LogP contribution is -2.37. The van der Waals surface area contributed by atoms with Crippen LogP contribution >= 0.6 is 11.3 Å². The van der Waals surface area contributed by atoms with Crippen LogP contribution in [0.25, 0.3) is 21.1 Å². The van der Waals surface area contributed by atoms with E-state index in [0.29, 0.717) is 22.7 Å². The largest absolute Gasteiger partial charge is 0.490 e. The summed E-state index contributed by atoms with van der Waals surface area (Å²) >= 11 is 1.43. The molecule has 8 nitrogen and oxygen atoms in total. The summed E-state index contributed by atoms with van der Waals surface area (Å²) in [7, 11) is 0. The molecular formula is C25H26N4O4S. The van der Waals surface area contributed by atoms with Crippen molar-refractivity contribution in [3.05, 3.63) is 53.1 Å². The van der Waals surface area contributed by atoms with Crippen LogP contribution in [0.2, 0.25) is 0 Å². The third-order valence-electron chi connectivity index (χ3n) is 5.80. The minimum Gasteiger partial charge on any atom is -0.490 e. The van der Waals surface area contributed by atoms with Crippen molar-refractivity contribution in [1.82, 2.24) is 15.1 Å². The number of aliphatic hydroxyl groups is 1. The number of amides is 1. The number of nitrogens with zero attached hydrogens (tertiary/aromatic N) is 4. The number of carboxylic acid groups (broad SMARTS) is 1. The number of hydrogen-bond donors (Lipinski definition) is 2. The van der Waals surface area contributed by atoms with Gasteiger partial charge in [-0.2, -0.15) is 5.26 Å². The minimum absolute atomic E-state index is 0.0337. The Labute approximate surface area is 202 Å². The monoisotopic (exact) mass is 478 g/mol. The van der Waals surface area contributed by atoms with E-state index in [1.807, 2.05) is 38.1 Å². The van der Waals surface area contributed by atoms with Crippen molar-refractivity contribution in [2.24, 2.45) is 0 Å². The first kappa shape index (κ1) is 23.7. The highest BCUT2D eigenvalue weighted by molar-refractivity contribution is 7.17. The zero-order chi connectivity index (χ0) is 24.2. The number of benzene rings is 2. The smallest absolute Gasteiger partial charge is 0.407 e. The van der Waals surface area contributed by atoms with Gasteiger partial charge in [0.2, 0.25) is 0 Å². The quantitative estimate of drug-likeness (QED) is 0.496. The Morgan fingerprint density at radius 3 is 2.79 bits per heavy atom. The number of aliphatic hydroxyl groups excluding tert-OH is 1. The molecule has 3 aromatic rings. The van der Waals surface area contributed by atoms with E-state index in [-0.39, 0.29) is 25.3 Å². The average Bonchev–Trinajstić information content (AvgIpc) is 3.31. The molecule has 1 aliphatic carbocycles. The van der Waals surface area contributed by atoms with Crippen LogP contribution in [0.1, 0.15) is 49.4 Å². The Balaban J connectivity index is 1.68. The maximum Gasteiger partial charge on any atom is 0.407 e. The van der Waals surface area contributed by atoms with Gasteiger partial charge in [0.25, 0.3) is 0 Å². The molecule has 0 spiro atoms. The summed E-state index contributed by atoms with van der Waals surface area (Å²) < 4.78 is 5.71. The lowest BCUT2D eigenvalue weighted by molar-refractivity contribution is 0.104. The van der Waals surface area contributed by atoms with Crippen LogP contribution in [-0.4, -0.2) is 50.7 Å². The molecule has 0 saturated carbocycles. The van der Waals surface area contributed by atoms with E-state index in [1.54, 1.807) is 12.1 Å². The number of fused-ring (bicyclic) bond motifs is 1. The standard InChI is InChI=1S/C25H26N4O4S/c1-15(2)33-22-10-9-16(13-17(22)14-26)23-27-28-24(34-23)20-7-3-6-19-18(20)5-4-8-21(19)29(11-12-30)25(31)32/h3,6-7,9-10,13,15,21,30H,4-5,8,11-12H2,1-2H3,(H,31,32). The number of rotatable bonds is 7. The molecule has 1 amide bonds. The highest BCUT2D eigenvalue weighted by Crippen LogP contribution is 2.41. The summed E-state index contributed by atoms with van der Waals surface area (Å²) in [5.74, 6) is 0.542. The second-order valence-corrected chi connectivity index (χ2v) is 9.36. The molecule has 0 aliphatic heterocycles. The molecule has 2 aromatic carbocycles. The number of aromatic nitrogens is 2. The van der Waals surface area contributed by atoms with Gasteiger partial charge in [-0.25, -0.2) is 4.79 Å². The molecule has 1 aliphatic rings. The predicted molar refractivity (Wildman–Crippen MR) is 129 cm³/mol. The maximum atomic E-state index is 11.8. The van der Waals surface area contributed by atoms with Crippen LogP contribution in [0, 0.1) is 11.3 Å². The van der Waals surface area contributed by atoms with Crippen molar-refractivity contribution in [1.29, 1.82) is 5.26 Å². The van der Waals surface area contributed by atoms with E-state index < -0.39 is 6.09 Å². The third-order valence-corrected chi connectivity index (χ3v) is 6.81. The van der Waals surface area contributed by atoms with E-state index in [0.717, 1.165) is 40.1 Å². The Morgan fingerprint density at radius 1 is 1.29 bits per heavy atom. The van der Waals surface area contributed by atoms with E-state index in [9.17, 15) is 20.3 Å². The van der Waals surface area contributed by atoms with Gasteiger partial charge in [0.1, 0.15) is 21.8 Å². The van der Waals surface area contributed by atoms with Crippen LogP contribution in [0.4, 0.5) is 4.79 Å². The van der Waals surface area contributed by atoms with Gasteiger partial charge in [-0.3, -0.25) is 4.90 Å².